The lowest BCUT2D eigenvalue weighted by Crippen LogP contribution is -1.95. The molecule has 3 N–H and O–H groups in total. The Morgan fingerprint density at radius 1 is 0.875 bits per heavy atom. The van der Waals surface area contributed by atoms with Crippen molar-refractivity contribution < 1.29 is 0 Å². The number of hydrogen-bond donors (Lipinski definition) is 2. The highest BCUT2D eigenvalue weighted by atomic mass is 32.1. The molecule has 4 heterocycles. The topological polar surface area (TPSA) is 67.6 Å². The normalized spacial score (nSPS) is 11.5. The number of hydrogen-bond acceptors (Lipinski definition) is 5. The maximum atomic E-state index is 6.42. The van der Waals surface area contributed by atoms with E-state index in [0.717, 1.165) is 59.3 Å². The predicted molar refractivity (Wildman–Crippen MR) is 138 cm³/mol. The van der Waals surface area contributed by atoms with Crippen LogP contribution in [0.15, 0.2) is 72.8 Å². The first kappa shape index (κ1) is 19.1. The summed E-state index contributed by atoms with van der Waals surface area (Å²) < 4.78 is 1.66. The zero-order chi connectivity index (χ0) is 21.8. The van der Waals surface area contributed by atoms with E-state index in [1.807, 2.05) is 36.4 Å². The van der Waals surface area contributed by atoms with Gasteiger partial charge in [0, 0.05) is 22.0 Å². The molecule has 0 spiro atoms. The van der Waals surface area contributed by atoms with Gasteiger partial charge in [0.25, 0.3) is 0 Å². The monoisotopic (exact) mass is 450 g/mol. The van der Waals surface area contributed by atoms with Crippen molar-refractivity contribution in [1.29, 1.82) is 0 Å². The van der Waals surface area contributed by atoms with E-state index in [4.69, 9.17) is 27.9 Å². The first-order chi connectivity index (χ1) is 15.6. The van der Waals surface area contributed by atoms with E-state index in [2.05, 4.69) is 48.3 Å². The van der Waals surface area contributed by atoms with E-state index in [0.29, 0.717) is 10.5 Å². The van der Waals surface area contributed by atoms with Crippen LogP contribution in [0.5, 0.6) is 0 Å². The van der Waals surface area contributed by atoms with Crippen molar-refractivity contribution in [2.75, 3.05) is 5.73 Å². The van der Waals surface area contributed by atoms with Crippen molar-refractivity contribution in [2.24, 2.45) is 0 Å². The molecule has 4 aromatic heterocycles. The first-order valence-corrected chi connectivity index (χ1v) is 11.5. The lowest BCUT2D eigenvalue weighted by Gasteiger charge is -2.08. The van der Waals surface area contributed by atoms with Crippen LogP contribution in [0.4, 0.5) is 5.82 Å². The molecule has 0 saturated carbocycles. The number of aryl methyl sites for hydroxylation is 1. The second-order valence-corrected chi connectivity index (χ2v) is 9.22. The Kier molecular flexibility index (Phi) is 4.31. The number of rotatable bonds is 2. The van der Waals surface area contributed by atoms with Crippen LogP contribution < -0.4 is 5.73 Å². The highest BCUT2D eigenvalue weighted by molar-refractivity contribution is 7.71. The summed E-state index contributed by atoms with van der Waals surface area (Å²) in [6.07, 6.45) is 0. The third-order valence-electron chi connectivity index (χ3n) is 5.75. The fraction of sp³-hybridized carbons (Fsp3) is 0.0385. The summed E-state index contributed by atoms with van der Waals surface area (Å²) in [6.45, 7) is 2.11. The minimum absolute atomic E-state index is 0.444. The van der Waals surface area contributed by atoms with Crippen LogP contribution in [0.25, 0.3) is 53.7 Å². The molecule has 0 saturated heterocycles. The molecule has 4 nitrogen and oxygen atoms in total. The van der Waals surface area contributed by atoms with E-state index in [1.54, 1.807) is 11.3 Å². The Labute approximate surface area is 193 Å². The average molecular weight is 451 g/mol. The van der Waals surface area contributed by atoms with Gasteiger partial charge in [-0.3, -0.25) is 0 Å². The number of benzene rings is 2. The van der Waals surface area contributed by atoms with Gasteiger partial charge in [-0.2, -0.15) is 0 Å². The molecule has 0 aliphatic heterocycles. The van der Waals surface area contributed by atoms with Gasteiger partial charge in [0.2, 0.25) is 0 Å². The fourth-order valence-electron chi connectivity index (χ4n) is 4.25. The van der Waals surface area contributed by atoms with E-state index in [1.165, 1.54) is 0 Å². The van der Waals surface area contributed by atoms with Crippen molar-refractivity contribution in [3.63, 3.8) is 0 Å². The molecule has 0 aliphatic carbocycles. The number of nitrogens with zero attached hydrogens (tertiary/aromatic N) is 2. The van der Waals surface area contributed by atoms with Crippen molar-refractivity contribution in [2.45, 2.75) is 6.92 Å². The zero-order valence-electron chi connectivity index (χ0n) is 17.2. The highest BCUT2D eigenvalue weighted by Gasteiger charge is 2.18. The van der Waals surface area contributed by atoms with Crippen LogP contribution in [0, 0.1) is 11.6 Å². The number of nitrogens with one attached hydrogen (secondary N) is 1. The number of H-pyrrole nitrogens is 1. The molecular weight excluding hydrogens is 432 g/mol. The number of aromatic nitrogens is 3. The second kappa shape index (κ2) is 7.22. The van der Waals surface area contributed by atoms with Crippen LogP contribution in [0.3, 0.4) is 0 Å². The molecule has 2 aromatic carbocycles. The molecule has 0 radical (unpaired) electrons. The molecule has 0 amide bonds. The largest absolute Gasteiger partial charge is 0.383 e. The van der Waals surface area contributed by atoms with E-state index < -0.39 is 0 Å². The number of fused-ring (bicyclic) bond motifs is 5. The number of aromatic amines is 1. The smallest absolute Gasteiger partial charge is 0.135 e. The molecule has 6 rings (SSSR count). The summed E-state index contributed by atoms with van der Waals surface area (Å²) in [7, 11) is 0. The highest BCUT2D eigenvalue weighted by Crippen LogP contribution is 2.41. The molecule has 0 atom stereocenters. The summed E-state index contributed by atoms with van der Waals surface area (Å²) in [5.74, 6) is 0.444. The number of thiophene rings is 1. The van der Waals surface area contributed by atoms with E-state index in [9.17, 15) is 0 Å². The molecule has 6 aromatic rings. The number of anilines is 1. The van der Waals surface area contributed by atoms with Crippen molar-refractivity contribution in [3.8, 4) is 22.5 Å². The van der Waals surface area contributed by atoms with Crippen molar-refractivity contribution in [1.82, 2.24) is 15.0 Å². The van der Waals surface area contributed by atoms with E-state index in [-0.39, 0.29) is 0 Å². The summed E-state index contributed by atoms with van der Waals surface area (Å²) in [6, 6.07) is 24.7. The minimum Gasteiger partial charge on any atom is -0.383 e. The van der Waals surface area contributed by atoms with Gasteiger partial charge in [0.15, 0.2) is 0 Å². The Balaban J connectivity index is 1.71. The minimum atomic E-state index is 0.444. The molecule has 0 unspecified atom stereocenters. The van der Waals surface area contributed by atoms with Gasteiger partial charge in [0.1, 0.15) is 15.3 Å². The quantitative estimate of drug-likeness (QED) is 0.272. The summed E-state index contributed by atoms with van der Waals surface area (Å²) >= 11 is 7.34. The van der Waals surface area contributed by atoms with Gasteiger partial charge in [0.05, 0.1) is 21.3 Å². The van der Waals surface area contributed by atoms with Gasteiger partial charge in [-0.15, -0.1) is 11.3 Å². The maximum Gasteiger partial charge on any atom is 0.135 e. The third-order valence-corrected chi connectivity index (χ3v) is 7.17. The van der Waals surface area contributed by atoms with Crippen LogP contribution in [0.2, 0.25) is 0 Å². The third kappa shape index (κ3) is 2.92. The predicted octanol–water partition coefficient (Wildman–Crippen LogP) is 7.28. The van der Waals surface area contributed by atoms with E-state index >= 15 is 0 Å². The average Bonchev–Trinajstić information content (AvgIpc) is 3.19. The molecule has 0 bridgehead atoms. The number of nitrogen functional groups attached to an aromatic ring is 1. The van der Waals surface area contributed by atoms with Crippen LogP contribution in [0.1, 0.15) is 5.56 Å². The van der Waals surface area contributed by atoms with Crippen molar-refractivity contribution in [3.05, 3.63) is 83.0 Å². The molecule has 32 heavy (non-hydrogen) atoms. The first-order valence-electron chi connectivity index (χ1n) is 10.3. The Morgan fingerprint density at radius 3 is 2.28 bits per heavy atom. The number of nitrogens with two attached hydrogens (primary N) is 1. The van der Waals surface area contributed by atoms with Crippen LogP contribution in [-0.2, 0) is 0 Å². The Morgan fingerprint density at radius 2 is 1.56 bits per heavy atom. The van der Waals surface area contributed by atoms with Gasteiger partial charge in [-0.05, 0) is 30.2 Å². The Hall–Kier alpha value is -3.61. The van der Waals surface area contributed by atoms with Crippen LogP contribution in [-0.4, -0.2) is 15.0 Å². The molecule has 0 fully saturated rings. The molecule has 6 heteroatoms. The SMILES string of the molecule is Cc1cc(-c2ccccc2)nc2sc3c4cc(-c5ccccc5)[nH]c(=S)c4c(N)nc3c12. The van der Waals surface area contributed by atoms with Crippen molar-refractivity contribution >= 4 is 60.6 Å². The zero-order valence-corrected chi connectivity index (χ0v) is 18.8. The Bertz CT molecular complexity index is 1700. The number of pyridine rings is 3. The fourth-order valence-corrected chi connectivity index (χ4v) is 5.79. The van der Waals surface area contributed by atoms with Gasteiger partial charge in [-0.1, -0.05) is 72.9 Å². The standard InChI is InChI=1S/C26H18N4S2/c1-14-12-18(15-8-4-2-5-9-15)29-26-20(14)22-23(32-26)17-13-19(16-10-6-3-7-11-16)28-25(31)21(17)24(27)30-22/h2-13H,1H3,(H2,27,30)(H,28,31). The molecular formula is C26H18N4S2. The van der Waals surface area contributed by atoms with Crippen LogP contribution >= 0.6 is 23.6 Å². The summed E-state index contributed by atoms with van der Waals surface area (Å²) in [5, 5.41) is 2.86. The van der Waals surface area contributed by atoms with Gasteiger partial charge >= 0.3 is 0 Å². The van der Waals surface area contributed by atoms with Gasteiger partial charge in [-0.25, -0.2) is 9.97 Å². The summed E-state index contributed by atoms with van der Waals surface area (Å²) in [5.41, 5.74) is 12.5. The molecule has 154 valence electrons. The lowest BCUT2D eigenvalue weighted by molar-refractivity contribution is 1.32. The molecule has 0 aliphatic rings. The maximum absolute atomic E-state index is 6.42. The van der Waals surface area contributed by atoms with Gasteiger partial charge < -0.3 is 10.7 Å². The second-order valence-electron chi connectivity index (χ2n) is 7.81. The summed E-state index contributed by atoms with van der Waals surface area (Å²) in [4.78, 5) is 14.1. The lowest BCUT2D eigenvalue weighted by atomic mass is 10.1.